The largest absolute Gasteiger partial charge is 0.355 e. The van der Waals surface area contributed by atoms with Gasteiger partial charge < -0.3 is 10.2 Å². The number of fused-ring (bicyclic) bond motifs is 2. The Hall–Kier alpha value is -2.58. The summed E-state index contributed by atoms with van der Waals surface area (Å²) >= 11 is 3.09. The van der Waals surface area contributed by atoms with Crippen molar-refractivity contribution in [2.24, 2.45) is 0 Å². The third-order valence-electron chi connectivity index (χ3n) is 3.96. The lowest BCUT2D eigenvalue weighted by atomic mass is 10.0. The van der Waals surface area contributed by atoms with Crippen LogP contribution in [-0.4, -0.2) is 23.7 Å². The van der Waals surface area contributed by atoms with Gasteiger partial charge in [-0.1, -0.05) is 58.1 Å². The molecule has 2 aromatic rings. The van der Waals surface area contributed by atoms with Crippen molar-refractivity contribution in [2.45, 2.75) is 13.0 Å². The molecule has 1 aliphatic heterocycles. The van der Waals surface area contributed by atoms with Gasteiger partial charge in [-0.3, -0.25) is 9.59 Å². The van der Waals surface area contributed by atoms with Crippen LogP contribution in [0.4, 0.5) is 5.69 Å². The molecule has 4 nitrogen and oxygen atoms in total. The third kappa shape index (κ3) is 4.09. The highest BCUT2D eigenvalue weighted by Gasteiger charge is 2.20. The predicted molar refractivity (Wildman–Crippen MR) is 101 cm³/mol. The van der Waals surface area contributed by atoms with Crippen molar-refractivity contribution in [1.29, 1.82) is 0 Å². The molecule has 1 aliphatic rings. The molecule has 0 radical (unpaired) electrons. The molecule has 2 aromatic carbocycles. The van der Waals surface area contributed by atoms with Gasteiger partial charge in [0.25, 0.3) is 0 Å². The summed E-state index contributed by atoms with van der Waals surface area (Å²) in [7, 11) is 0. The number of carbonyl (C=O) groups excluding carboxylic acids is 2. The van der Waals surface area contributed by atoms with Crippen LogP contribution in [0, 0.1) is 11.8 Å². The molecule has 0 atom stereocenters. The summed E-state index contributed by atoms with van der Waals surface area (Å²) in [5.74, 6) is 6.20. The van der Waals surface area contributed by atoms with Crippen LogP contribution < -0.4 is 10.2 Å². The molecule has 126 valence electrons. The number of alkyl halides is 1. The molecule has 0 fully saturated rings. The smallest absolute Gasteiger partial charge is 0.230 e. The normalized spacial score (nSPS) is 12.0. The lowest BCUT2D eigenvalue weighted by Gasteiger charge is -2.26. The average Bonchev–Trinajstić information content (AvgIpc) is 2.63. The first-order valence-electron chi connectivity index (χ1n) is 8.01. The second-order valence-corrected chi connectivity index (χ2v) is 6.20. The summed E-state index contributed by atoms with van der Waals surface area (Å²) in [6.45, 7) is 0.780. The number of halogens is 1. The summed E-state index contributed by atoms with van der Waals surface area (Å²) in [6.07, 6.45) is 0.239. The Morgan fingerprint density at radius 1 is 1.04 bits per heavy atom. The lowest BCUT2D eigenvalue weighted by molar-refractivity contribution is -0.119. The van der Waals surface area contributed by atoms with Crippen LogP contribution in [0.25, 0.3) is 0 Å². The van der Waals surface area contributed by atoms with Crippen LogP contribution in [0.1, 0.15) is 23.1 Å². The SMILES string of the molecule is O=C(CBr)NCCC(=O)N1Cc2ccccc2C#Cc2ccccc21. The standard InChI is InChI=1S/C20H17BrN2O2/c21-13-19(24)22-12-11-20(25)23-14-17-7-2-1-5-15(17)9-10-16-6-3-4-8-18(16)23/h1-8H,11-14H2,(H,22,24). The van der Waals surface area contributed by atoms with E-state index >= 15 is 0 Å². The molecule has 0 saturated carbocycles. The second-order valence-electron chi connectivity index (χ2n) is 5.64. The number of nitrogens with zero attached hydrogens (tertiary/aromatic N) is 1. The number of amides is 2. The Labute approximate surface area is 155 Å². The molecule has 0 aromatic heterocycles. The summed E-state index contributed by atoms with van der Waals surface area (Å²) in [5, 5.41) is 2.94. The Bertz CT molecular complexity index is 867. The number of benzene rings is 2. The Morgan fingerprint density at radius 3 is 2.52 bits per heavy atom. The Kier molecular flexibility index (Phi) is 5.52. The highest BCUT2D eigenvalue weighted by atomic mass is 79.9. The first kappa shape index (κ1) is 17.2. The predicted octanol–water partition coefficient (Wildman–Crippen LogP) is 2.83. The van der Waals surface area contributed by atoms with Crippen molar-refractivity contribution in [3.63, 3.8) is 0 Å². The number of carbonyl (C=O) groups is 2. The van der Waals surface area contributed by atoms with Crippen molar-refractivity contribution in [3.05, 3.63) is 65.2 Å². The highest BCUT2D eigenvalue weighted by molar-refractivity contribution is 9.09. The number of hydrogen-bond donors (Lipinski definition) is 1. The molecule has 0 bridgehead atoms. The molecule has 2 amide bonds. The first-order valence-corrected chi connectivity index (χ1v) is 9.13. The number of anilines is 1. The molecule has 0 unspecified atom stereocenters. The van der Waals surface area contributed by atoms with Crippen LogP contribution in [0.3, 0.4) is 0 Å². The molecule has 3 rings (SSSR count). The van der Waals surface area contributed by atoms with E-state index in [1.807, 2.05) is 48.5 Å². The fraction of sp³-hybridized carbons (Fsp3) is 0.200. The zero-order valence-corrected chi connectivity index (χ0v) is 15.2. The molecule has 1 heterocycles. The van der Waals surface area contributed by atoms with E-state index in [0.29, 0.717) is 13.1 Å². The fourth-order valence-corrected chi connectivity index (χ4v) is 2.90. The van der Waals surface area contributed by atoms with E-state index in [4.69, 9.17) is 0 Å². The Balaban J connectivity index is 1.89. The van der Waals surface area contributed by atoms with Gasteiger partial charge in [0, 0.05) is 24.1 Å². The van der Waals surface area contributed by atoms with Crippen molar-refractivity contribution < 1.29 is 9.59 Å². The van der Waals surface area contributed by atoms with Crippen LogP contribution in [-0.2, 0) is 16.1 Å². The summed E-state index contributed by atoms with van der Waals surface area (Å²) < 4.78 is 0. The minimum absolute atomic E-state index is 0.0409. The maximum atomic E-state index is 12.8. The number of rotatable bonds is 4. The van der Waals surface area contributed by atoms with E-state index < -0.39 is 0 Å². The molecular formula is C20H17BrN2O2. The summed E-state index contributed by atoms with van der Waals surface area (Å²) in [6, 6.07) is 15.5. The third-order valence-corrected chi connectivity index (χ3v) is 4.47. The average molecular weight is 397 g/mol. The number of nitrogens with one attached hydrogen (secondary N) is 1. The fourth-order valence-electron chi connectivity index (χ4n) is 2.70. The van der Waals surface area contributed by atoms with E-state index in [1.165, 1.54) is 0 Å². The van der Waals surface area contributed by atoms with Crippen LogP contribution in [0.2, 0.25) is 0 Å². The first-order chi connectivity index (χ1) is 12.2. The quantitative estimate of drug-likeness (QED) is 0.637. The topological polar surface area (TPSA) is 49.4 Å². The van der Waals surface area contributed by atoms with E-state index in [9.17, 15) is 9.59 Å². The highest BCUT2D eigenvalue weighted by Crippen LogP contribution is 2.25. The molecule has 0 aliphatic carbocycles. The Morgan fingerprint density at radius 2 is 1.72 bits per heavy atom. The summed E-state index contributed by atoms with van der Waals surface area (Å²) in [4.78, 5) is 25.9. The maximum absolute atomic E-state index is 12.8. The van der Waals surface area contributed by atoms with E-state index in [2.05, 4.69) is 33.1 Å². The zero-order chi connectivity index (χ0) is 17.6. The van der Waals surface area contributed by atoms with Gasteiger partial charge in [-0.25, -0.2) is 0 Å². The van der Waals surface area contributed by atoms with Gasteiger partial charge in [0.15, 0.2) is 0 Å². The van der Waals surface area contributed by atoms with E-state index in [-0.39, 0.29) is 23.6 Å². The molecule has 25 heavy (non-hydrogen) atoms. The molecule has 5 heteroatoms. The van der Waals surface area contributed by atoms with Crippen LogP contribution in [0.15, 0.2) is 48.5 Å². The van der Waals surface area contributed by atoms with Gasteiger partial charge in [0.2, 0.25) is 11.8 Å². The van der Waals surface area contributed by atoms with Gasteiger partial charge in [-0.2, -0.15) is 0 Å². The molecular weight excluding hydrogens is 380 g/mol. The van der Waals surface area contributed by atoms with E-state index in [0.717, 1.165) is 22.4 Å². The minimum atomic E-state index is -0.128. The zero-order valence-electron chi connectivity index (χ0n) is 13.6. The monoisotopic (exact) mass is 396 g/mol. The minimum Gasteiger partial charge on any atom is -0.355 e. The number of hydrogen-bond acceptors (Lipinski definition) is 2. The molecule has 0 saturated heterocycles. The van der Waals surface area contributed by atoms with Crippen LogP contribution in [0.5, 0.6) is 0 Å². The van der Waals surface area contributed by atoms with Crippen molar-refractivity contribution in [1.82, 2.24) is 5.32 Å². The second kappa shape index (κ2) is 8.00. The van der Waals surface area contributed by atoms with Gasteiger partial charge >= 0.3 is 0 Å². The maximum Gasteiger partial charge on any atom is 0.230 e. The van der Waals surface area contributed by atoms with Crippen molar-refractivity contribution in [3.8, 4) is 11.8 Å². The van der Waals surface area contributed by atoms with Gasteiger partial charge in [0.05, 0.1) is 17.6 Å². The molecule has 1 N–H and O–H groups in total. The van der Waals surface area contributed by atoms with E-state index in [1.54, 1.807) is 4.90 Å². The van der Waals surface area contributed by atoms with Gasteiger partial charge in [-0.05, 0) is 23.8 Å². The number of para-hydroxylation sites is 1. The lowest BCUT2D eigenvalue weighted by Crippen LogP contribution is -2.35. The van der Waals surface area contributed by atoms with Crippen LogP contribution >= 0.6 is 15.9 Å². The molecule has 0 spiro atoms. The van der Waals surface area contributed by atoms with Gasteiger partial charge in [0.1, 0.15) is 0 Å². The van der Waals surface area contributed by atoms with Crippen molar-refractivity contribution >= 4 is 33.4 Å². The van der Waals surface area contributed by atoms with Gasteiger partial charge in [-0.15, -0.1) is 0 Å². The van der Waals surface area contributed by atoms with Crippen molar-refractivity contribution in [2.75, 3.05) is 16.8 Å². The summed E-state index contributed by atoms with van der Waals surface area (Å²) in [5.41, 5.74) is 3.58.